The van der Waals surface area contributed by atoms with Gasteiger partial charge in [0, 0.05) is 17.5 Å². The van der Waals surface area contributed by atoms with Crippen molar-refractivity contribution in [2.75, 3.05) is 13.2 Å². The van der Waals surface area contributed by atoms with E-state index in [0.717, 1.165) is 6.07 Å². The molecule has 128 valence electrons. The highest BCUT2D eigenvalue weighted by molar-refractivity contribution is 7.92. The van der Waals surface area contributed by atoms with E-state index in [-0.39, 0.29) is 24.5 Å². The maximum absolute atomic E-state index is 12.8. The zero-order valence-corrected chi connectivity index (χ0v) is 12.8. The number of rotatable bonds is 3. The van der Waals surface area contributed by atoms with Gasteiger partial charge >= 0.3 is 5.51 Å². The average molecular weight is 352 g/mol. The standard InChI is InChI=1S/C14H15F3O5S/c15-14(16,17)23(19,20)12-4-3-11(22-8-5-6-21-7-8)9-1-2-10(18)13(9)12/h3-4,8,10,18H,1-2,5-7H2. The molecule has 1 fully saturated rings. The van der Waals surface area contributed by atoms with Crippen LogP contribution in [0, 0.1) is 0 Å². The highest BCUT2D eigenvalue weighted by Crippen LogP contribution is 2.44. The van der Waals surface area contributed by atoms with Crippen molar-refractivity contribution in [2.45, 2.75) is 41.9 Å². The van der Waals surface area contributed by atoms with Gasteiger partial charge < -0.3 is 14.6 Å². The molecule has 1 aliphatic carbocycles. The molecule has 0 spiro atoms. The summed E-state index contributed by atoms with van der Waals surface area (Å²) in [6.07, 6.45) is -0.389. The van der Waals surface area contributed by atoms with Crippen LogP contribution in [0.5, 0.6) is 5.75 Å². The second-order valence-corrected chi connectivity index (χ2v) is 7.47. The van der Waals surface area contributed by atoms with Crippen LogP contribution in [0.25, 0.3) is 0 Å². The average Bonchev–Trinajstić information content (AvgIpc) is 3.08. The summed E-state index contributed by atoms with van der Waals surface area (Å²) in [4.78, 5) is -0.889. The van der Waals surface area contributed by atoms with Gasteiger partial charge in [-0.25, -0.2) is 8.42 Å². The molecule has 2 unspecified atom stereocenters. The highest BCUT2D eigenvalue weighted by atomic mass is 32.2. The van der Waals surface area contributed by atoms with Crippen LogP contribution >= 0.6 is 0 Å². The van der Waals surface area contributed by atoms with Gasteiger partial charge in [0.1, 0.15) is 11.9 Å². The second-order valence-electron chi connectivity index (χ2n) is 5.56. The number of hydrogen-bond donors (Lipinski definition) is 1. The first-order valence-electron chi connectivity index (χ1n) is 7.11. The van der Waals surface area contributed by atoms with E-state index in [4.69, 9.17) is 9.47 Å². The number of alkyl halides is 3. The fourth-order valence-corrected chi connectivity index (χ4v) is 3.97. The quantitative estimate of drug-likeness (QED) is 0.902. The van der Waals surface area contributed by atoms with Crippen LogP contribution in [0.1, 0.15) is 30.1 Å². The summed E-state index contributed by atoms with van der Waals surface area (Å²) in [5.41, 5.74) is -5.28. The van der Waals surface area contributed by atoms with Gasteiger partial charge in [0.15, 0.2) is 0 Å². The van der Waals surface area contributed by atoms with Crippen molar-refractivity contribution in [1.82, 2.24) is 0 Å². The molecular formula is C14H15F3O5S. The van der Waals surface area contributed by atoms with Gasteiger partial charge in [-0.05, 0) is 25.0 Å². The Morgan fingerprint density at radius 3 is 2.61 bits per heavy atom. The van der Waals surface area contributed by atoms with Gasteiger partial charge in [0.2, 0.25) is 0 Å². The van der Waals surface area contributed by atoms with Crippen molar-refractivity contribution >= 4 is 9.84 Å². The second kappa shape index (κ2) is 5.64. The van der Waals surface area contributed by atoms with Gasteiger partial charge in [-0.1, -0.05) is 0 Å². The molecule has 0 aromatic heterocycles. The van der Waals surface area contributed by atoms with Crippen molar-refractivity contribution in [2.24, 2.45) is 0 Å². The number of halogens is 3. The summed E-state index contributed by atoms with van der Waals surface area (Å²) >= 11 is 0. The van der Waals surface area contributed by atoms with Gasteiger partial charge in [0.25, 0.3) is 9.84 Å². The smallest absolute Gasteiger partial charge is 0.488 e. The molecule has 1 aromatic carbocycles. The Balaban J connectivity index is 2.06. The molecule has 2 aliphatic rings. The molecule has 9 heteroatoms. The first kappa shape index (κ1) is 16.5. The Bertz CT molecular complexity index is 708. The van der Waals surface area contributed by atoms with E-state index in [0.29, 0.717) is 30.9 Å². The zero-order valence-electron chi connectivity index (χ0n) is 12.0. The molecule has 1 heterocycles. The molecular weight excluding hydrogens is 337 g/mol. The Morgan fingerprint density at radius 2 is 2.00 bits per heavy atom. The lowest BCUT2D eigenvalue weighted by atomic mass is 10.1. The third-order valence-electron chi connectivity index (χ3n) is 4.05. The normalized spacial score (nSPS) is 24.7. The third kappa shape index (κ3) is 2.81. The van der Waals surface area contributed by atoms with E-state index in [1.54, 1.807) is 0 Å². The summed E-state index contributed by atoms with van der Waals surface area (Å²) < 4.78 is 72.8. The van der Waals surface area contributed by atoms with E-state index in [1.165, 1.54) is 6.07 Å². The minimum absolute atomic E-state index is 0.164. The molecule has 23 heavy (non-hydrogen) atoms. The number of fused-ring (bicyclic) bond motifs is 1. The molecule has 1 saturated heterocycles. The number of aliphatic hydroxyl groups excluding tert-OH is 1. The predicted octanol–water partition coefficient (Wildman–Crippen LogP) is 2.13. The fourth-order valence-electron chi connectivity index (χ4n) is 2.93. The monoisotopic (exact) mass is 352 g/mol. The summed E-state index contributed by atoms with van der Waals surface area (Å²) in [5.74, 6) is 0.313. The SMILES string of the molecule is O=S(=O)(c1ccc(OC2CCOC2)c2c1C(O)CC2)C(F)(F)F. The molecule has 1 aromatic rings. The van der Waals surface area contributed by atoms with Gasteiger partial charge in [-0.2, -0.15) is 13.2 Å². The predicted molar refractivity (Wildman–Crippen MR) is 72.8 cm³/mol. The van der Waals surface area contributed by atoms with Gasteiger partial charge in [-0.15, -0.1) is 0 Å². The van der Waals surface area contributed by atoms with Crippen LogP contribution in [0.2, 0.25) is 0 Å². The Labute approximate surface area is 130 Å². The minimum atomic E-state index is -5.52. The van der Waals surface area contributed by atoms with E-state index in [9.17, 15) is 26.7 Å². The van der Waals surface area contributed by atoms with Crippen molar-refractivity contribution in [3.63, 3.8) is 0 Å². The van der Waals surface area contributed by atoms with Crippen molar-refractivity contribution in [3.8, 4) is 5.75 Å². The largest absolute Gasteiger partial charge is 0.501 e. The molecule has 3 rings (SSSR count). The lowest BCUT2D eigenvalue weighted by Crippen LogP contribution is -2.25. The number of aliphatic hydroxyl groups is 1. The minimum Gasteiger partial charge on any atom is -0.488 e. The van der Waals surface area contributed by atoms with E-state index >= 15 is 0 Å². The van der Waals surface area contributed by atoms with Crippen molar-refractivity contribution < 1.29 is 36.2 Å². The maximum atomic E-state index is 12.8. The first-order valence-corrected chi connectivity index (χ1v) is 8.59. The van der Waals surface area contributed by atoms with Crippen LogP contribution in [-0.2, 0) is 21.0 Å². The zero-order chi connectivity index (χ0) is 16.8. The van der Waals surface area contributed by atoms with Crippen molar-refractivity contribution in [1.29, 1.82) is 0 Å². The number of sulfone groups is 1. The summed E-state index contributed by atoms with van der Waals surface area (Å²) in [7, 11) is -5.52. The van der Waals surface area contributed by atoms with Crippen molar-refractivity contribution in [3.05, 3.63) is 23.3 Å². The summed E-state index contributed by atoms with van der Waals surface area (Å²) in [5, 5.41) is 9.96. The van der Waals surface area contributed by atoms with Crippen LogP contribution in [-0.4, -0.2) is 38.4 Å². The first-order chi connectivity index (χ1) is 10.7. The van der Waals surface area contributed by atoms with Crippen LogP contribution < -0.4 is 4.74 Å². The topological polar surface area (TPSA) is 72.8 Å². The molecule has 2 atom stereocenters. The van der Waals surface area contributed by atoms with Gasteiger partial charge in [-0.3, -0.25) is 0 Å². The molecule has 1 aliphatic heterocycles. The lowest BCUT2D eigenvalue weighted by molar-refractivity contribution is -0.0437. The van der Waals surface area contributed by atoms with E-state index in [1.807, 2.05) is 0 Å². The highest BCUT2D eigenvalue weighted by Gasteiger charge is 2.49. The molecule has 5 nitrogen and oxygen atoms in total. The Morgan fingerprint density at radius 1 is 1.26 bits per heavy atom. The molecule has 0 radical (unpaired) electrons. The summed E-state index contributed by atoms with van der Waals surface area (Å²) in [6.45, 7) is 0.913. The Hall–Kier alpha value is -1.32. The van der Waals surface area contributed by atoms with Crippen LogP contribution in [0.3, 0.4) is 0 Å². The third-order valence-corrected chi connectivity index (χ3v) is 5.60. The fraction of sp³-hybridized carbons (Fsp3) is 0.571. The molecule has 0 amide bonds. The summed E-state index contributed by atoms with van der Waals surface area (Å²) in [6, 6.07) is 2.09. The van der Waals surface area contributed by atoms with E-state index < -0.39 is 26.3 Å². The molecule has 0 bridgehead atoms. The Kier molecular flexibility index (Phi) is 4.06. The maximum Gasteiger partial charge on any atom is 0.501 e. The number of benzene rings is 1. The number of ether oxygens (including phenoxy) is 2. The van der Waals surface area contributed by atoms with Crippen LogP contribution in [0.15, 0.2) is 17.0 Å². The lowest BCUT2D eigenvalue weighted by Gasteiger charge is -2.19. The van der Waals surface area contributed by atoms with E-state index in [2.05, 4.69) is 0 Å². The van der Waals surface area contributed by atoms with Gasteiger partial charge in [0.05, 0.1) is 24.2 Å². The molecule has 0 saturated carbocycles. The van der Waals surface area contributed by atoms with Crippen LogP contribution in [0.4, 0.5) is 13.2 Å². The molecule has 1 N–H and O–H groups in total. The number of hydrogen-bond acceptors (Lipinski definition) is 5.